The Morgan fingerprint density at radius 2 is 2.11 bits per heavy atom. The molecule has 0 bridgehead atoms. The molecule has 0 heterocycles. The van der Waals surface area contributed by atoms with Gasteiger partial charge in [-0.3, -0.25) is 5.32 Å². The predicted molar refractivity (Wildman–Crippen MR) is 71.7 cm³/mol. The number of anilines is 1. The van der Waals surface area contributed by atoms with Crippen molar-refractivity contribution in [2.45, 2.75) is 39.2 Å². The van der Waals surface area contributed by atoms with Crippen molar-refractivity contribution in [2.24, 2.45) is 0 Å². The average molecular weight is 269 g/mol. The Bertz CT molecular complexity index is 441. The fraction of sp³-hybridized carbons (Fsp3) is 0.500. The topological polar surface area (TPSA) is 58.6 Å². The first-order valence-corrected chi connectivity index (χ1v) is 6.21. The van der Waals surface area contributed by atoms with Crippen molar-refractivity contribution in [3.63, 3.8) is 0 Å². The van der Waals surface area contributed by atoms with Crippen molar-refractivity contribution < 1.29 is 19.0 Å². The van der Waals surface area contributed by atoms with Crippen molar-refractivity contribution in [1.82, 2.24) is 0 Å². The molecule has 1 rings (SSSR count). The molecular formula is C14H20FNO3. The summed E-state index contributed by atoms with van der Waals surface area (Å²) < 4.78 is 18.8. The SMILES string of the molecule is CC(C)(C)OC(=O)Nc1ccc(CCCO)c(F)c1. The monoisotopic (exact) mass is 269 g/mol. The lowest BCUT2D eigenvalue weighted by atomic mass is 10.1. The van der Waals surface area contributed by atoms with E-state index in [0.29, 0.717) is 24.1 Å². The Morgan fingerprint density at radius 1 is 1.42 bits per heavy atom. The third-order valence-corrected chi connectivity index (χ3v) is 2.30. The number of carbonyl (C=O) groups is 1. The lowest BCUT2D eigenvalue weighted by molar-refractivity contribution is 0.0636. The molecule has 4 nitrogen and oxygen atoms in total. The highest BCUT2D eigenvalue weighted by molar-refractivity contribution is 5.84. The van der Waals surface area contributed by atoms with Crippen LogP contribution in [-0.2, 0) is 11.2 Å². The van der Waals surface area contributed by atoms with Crippen molar-refractivity contribution >= 4 is 11.8 Å². The highest BCUT2D eigenvalue weighted by Crippen LogP contribution is 2.17. The molecule has 0 saturated carbocycles. The molecule has 1 aromatic rings. The summed E-state index contributed by atoms with van der Waals surface area (Å²) >= 11 is 0. The van der Waals surface area contributed by atoms with Gasteiger partial charge in [-0.2, -0.15) is 0 Å². The molecule has 0 aromatic heterocycles. The molecule has 0 saturated heterocycles. The largest absolute Gasteiger partial charge is 0.444 e. The van der Waals surface area contributed by atoms with Crippen LogP contribution in [-0.4, -0.2) is 23.4 Å². The van der Waals surface area contributed by atoms with E-state index in [4.69, 9.17) is 9.84 Å². The first kappa shape index (κ1) is 15.4. The molecule has 0 aliphatic rings. The summed E-state index contributed by atoms with van der Waals surface area (Å²) in [7, 11) is 0. The zero-order valence-corrected chi connectivity index (χ0v) is 11.5. The van der Waals surface area contributed by atoms with E-state index in [1.165, 1.54) is 6.07 Å². The minimum Gasteiger partial charge on any atom is -0.444 e. The predicted octanol–water partition coefficient (Wildman–Crippen LogP) is 3.10. The van der Waals surface area contributed by atoms with E-state index in [0.717, 1.165) is 0 Å². The molecule has 106 valence electrons. The van der Waals surface area contributed by atoms with Crippen LogP contribution in [0.25, 0.3) is 0 Å². The summed E-state index contributed by atoms with van der Waals surface area (Å²) in [5.41, 5.74) is 0.271. The second-order valence-corrected chi connectivity index (χ2v) is 5.26. The Morgan fingerprint density at radius 3 is 2.63 bits per heavy atom. The number of ether oxygens (including phenoxy) is 1. The Balaban J connectivity index is 2.65. The molecule has 0 aliphatic carbocycles. The molecule has 2 N–H and O–H groups in total. The maximum atomic E-state index is 13.7. The van der Waals surface area contributed by atoms with Crippen LogP contribution < -0.4 is 5.32 Å². The Labute approximate surface area is 112 Å². The molecule has 0 radical (unpaired) electrons. The number of halogens is 1. The van der Waals surface area contributed by atoms with Gasteiger partial charge >= 0.3 is 6.09 Å². The molecule has 0 unspecified atom stereocenters. The van der Waals surface area contributed by atoms with Crippen LogP contribution in [0.2, 0.25) is 0 Å². The molecule has 1 amide bonds. The van der Waals surface area contributed by atoms with Crippen molar-refractivity contribution in [2.75, 3.05) is 11.9 Å². The van der Waals surface area contributed by atoms with Gasteiger partial charge in [0.2, 0.25) is 0 Å². The Hall–Kier alpha value is -1.62. The van der Waals surface area contributed by atoms with Crippen LogP contribution in [0.5, 0.6) is 0 Å². The molecule has 19 heavy (non-hydrogen) atoms. The van der Waals surface area contributed by atoms with Crippen LogP contribution >= 0.6 is 0 Å². The maximum absolute atomic E-state index is 13.7. The van der Waals surface area contributed by atoms with Gasteiger partial charge in [0.15, 0.2) is 0 Å². The van der Waals surface area contributed by atoms with Gasteiger partial charge in [-0.25, -0.2) is 9.18 Å². The zero-order chi connectivity index (χ0) is 14.5. The normalized spacial score (nSPS) is 11.2. The number of hydrogen-bond donors (Lipinski definition) is 2. The van der Waals surface area contributed by atoms with E-state index >= 15 is 0 Å². The van der Waals surface area contributed by atoms with Gasteiger partial charge in [0.25, 0.3) is 0 Å². The van der Waals surface area contributed by atoms with Gasteiger partial charge in [0.1, 0.15) is 11.4 Å². The number of carbonyl (C=O) groups excluding carboxylic acids is 1. The van der Waals surface area contributed by atoms with Crippen LogP contribution in [0.1, 0.15) is 32.8 Å². The van der Waals surface area contributed by atoms with Crippen LogP contribution in [0.15, 0.2) is 18.2 Å². The van der Waals surface area contributed by atoms with Gasteiger partial charge in [0.05, 0.1) is 0 Å². The lowest BCUT2D eigenvalue weighted by Gasteiger charge is -2.19. The summed E-state index contributed by atoms with van der Waals surface area (Å²) in [5.74, 6) is -0.401. The van der Waals surface area contributed by atoms with Crippen LogP contribution in [0.4, 0.5) is 14.9 Å². The van der Waals surface area contributed by atoms with E-state index in [9.17, 15) is 9.18 Å². The summed E-state index contributed by atoms with van der Waals surface area (Å²) in [6.45, 7) is 5.29. The second kappa shape index (κ2) is 6.52. The molecule has 0 spiro atoms. The number of nitrogens with one attached hydrogen (secondary N) is 1. The van der Waals surface area contributed by atoms with E-state index < -0.39 is 17.5 Å². The summed E-state index contributed by atoms with van der Waals surface area (Å²) in [5, 5.41) is 11.2. The minimum absolute atomic E-state index is 0.0251. The van der Waals surface area contributed by atoms with E-state index in [-0.39, 0.29) is 6.61 Å². The van der Waals surface area contributed by atoms with Gasteiger partial charge in [-0.05, 0) is 51.3 Å². The third kappa shape index (κ3) is 5.70. The lowest BCUT2D eigenvalue weighted by Crippen LogP contribution is -2.27. The first-order valence-electron chi connectivity index (χ1n) is 6.21. The fourth-order valence-corrected chi connectivity index (χ4v) is 1.52. The van der Waals surface area contributed by atoms with Crippen LogP contribution in [0.3, 0.4) is 0 Å². The molecule has 0 atom stereocenters. The number of aliphatic hydroxyl groups excluding tert-OH is 1. The van der Waals surface area contributed by atoms with Gasteiger partial charge in [-0.15, -0.1) is 0 Å². The molecular weight excluding hydrogens is 249 g/mol. The number of rotatable bonds is 4. The quantitative estimate of drug-likeness (QED) is 0.883. The van der Waals surface area contributed by atoms with Crippen LogP contribution in [0, 0.1) is 5.82 Å². The molecule has 0 aliphatic heterocycles. The molecule has 1 aromatic carbocycles. The van der Waals surface area contributed by atoms with Gasteiger partial charge in [-0.1, -0.05) is 6.07 Å². The number of benzene rings is 1. The minimum atomic E-state index is -0.616. The number of aryl methyl sites for hydroxylation is 1. The number of aliphatic hydroxyl groups is 1. The zero-order valence-electron chi connectivity index (χ0n) is 11.5. The highest BCUT2D eigenvalue weighted by atomic mass is 19.1. The Kier molecular flexibility index (Phi) is 5.30. The number of amides is 1. The number of hydrogen-bond acceptors (Lipinski definition) is 3. The van der Waals surface area contributed by atoms with Gasteiger partial charge < -0.3 is 9.84 Å². The molecule has 0 fully saturated rings. The second-order valence-electron chi connectivity index (χ2n) is 5.26. The first-order chi connectivity index (χ1) is 8.81. The summed E-state index contributed by atoms with van der Waals surface area (Å²) in [4.78, 5) is 11.5. The summed E-state index contributed by atoms with van der Waals surface area (Å²) in [6.07, 6.45) is 0.361. The standard InChI is InChI=1S/C14H20FNO3/c1-14(2,3)19-13(18)16-11-7-6-10(5-4-8-17)12(15)9-11/h6-7,9,17H,4-5,8H2,1-3H3,(H,16,18). The summed E-state index contributed by atoms with van der Waals surface area (Å²) in [6, 6.07) is 4.45. The van der Waals surface area contributed by atoms with Crippen molar-refractivity contribution in [3.8, 4) is 0 Å². The van der Waals surface area contributed by atoms with E-state index in [1.807, 2.05) is 0 Å². The average Bonchev–Trinajstić information content (AvgIpc) is 2.25. The fourth-order valence-electron chi connectivity index (χ4n) is 1.52. The third-order valence-electron chi connectivity index (χ3n) is 2.30. The smallest absolute Gasteiger partial charge is 0.412 e. The maximum Gasteiger partial charge on any atom is 0.412 e. The van der Waals surface area contributed by atoms with Crippen molar-refractivity contribution in [1.29, 1.82) is 0 Å². The van der Waals surface area contributed by atoms with Crippen molar-refractivity contribution in [3.05, 3.63) is 29.6 Å². The molecule has 5 heteroatoms. The van der Waals surface area contributed by atoms with Gasteiger partial charge in [0, 0.05) is 12.3 Å². The highest BCUT2D eigenvalue weighted by Gasteiger charge is 2.16. The van der Waals surface area contributed by atoms with E-state index in [2.05, 4.69) is 5.32 Å². The van der Waals surface area contributed by atoms with E-state index in [1.54, 1.807) is 32.9 Å².